The zero-order valence-electron chi connectivity index (χ0n) is 11.3. The maximum Gasteiger partial charge on any atom is 0.419 e. The van der Waals surface area contributed by atoms with Gasteiger partial charge in [0.15, 0.2) is 5.58 Å². The van der Waals surface area contributed by atoms with Crippen molar-refractivity contribution in [1.29, 1.82) is 0 Å². The van der Waals surface area contributed by atoms with Crippen LogP contribution in [0.25, 0.3) is 11.1 Å². The van der Waals surface area contributed by atoms with E-state index >= 15 is 0 Å². The first-order chi connectivity index (χ1) is 9.65. The van der Waals surface area contributed by atoms with Gasteiger partial charge in [-0.3, -0.25) is 9.36 Å². The second kappa shape index (κ2) is 5.13. The summed E-state index contributed by atoms with van der Waals surface area (Å²) in [4.78, 5) is 23.6. The second-order valence-corrected chi connectivity index (χ2v) is 5.12. The third-order valence-electron chi connectivity index (χ3n) is 3.77. The van der Waals surface area contributed by atoms with E-state index in [0.29, 0.717) is 11.3 Å². The fraction of sp³-hybridized carbons (Fsp3) is 0.429. The molecule has 3 rings (SSSR count). The first kappa shape index (κ1) is 12.9. The van der Waals surface area contributed by atoms with Crippen LogP contribution >= 0.6 is 0 Å². The number of aromatic nitrogens is 1. The number of nitrogens with one attached hydrogen (secondary N) is 2. The molecule has 2 aromatic rings. The van der Waals surface area contributed by atoms with Crippen LogP contribution in [0.3, 0.4) is 0 Å². The number of carbonyl (C=O) groups is 1. The summed E-state index contributed by atoms with van der Waals surface area (Å²) in [6, 6.07) is 5.25. The number of anilines is 1. The van der Waals surface area contributed by atoms with Crippen LogP contribution in [0, 0.1) is 5.92 Å². The van der Waals surface area contributed by atoms with Crippen LogP contribution in [0.2, 0.25) is 0 Å². The molecule has 0 spiro atoms. The second-order valence-electron chi connectivity index (χ2n) is 5.12. The number of nitrogens with zero attached hydrogens (tertiary/aromatic N) is 1. The summed E-state index contributed by atoms with van der Waals surface area (Å²) < 4.78 is 6.55. The lowest BCUT2D eigenvalue weighted by atomic mass is 9.97. The van der Waals surface area contributed by atoms with E-state index in [0.717, 1.165) is 31.4 Å². The Balaban J connectivity index is 1.80. The van der Waals surface area contributed by atoms with Crippen LogP contribution in [-0.2, 0) is 11.8 Å². The smallest absolute Gasteiger partial charge is 0.408 e. The molecule has 2 heterocycles. The molecule has 1 aromatic carbocycles. The predicted octanol–water partition coefficient (Wildman–Crippen LogP) is 1.07. The SMILES string of the molecule is Cn1c(=O)oc2cc(NC(=O)C3CCNCC3)ccc21. The molecule has 1 amide bonds. The number of amides is 1. The van der Waals surface area contributed by atoms with Crippen molar-refractivity contribution in [2.24, 2.45) is 13.0 Å². The van der Waals surface area contributed by atoms with Crippen molar-refractivity contribution < 1.29 is 9.21 Å². The van der Waals surface area contributed by atoms with Gasteiger partial charge in [-0.2, -0.15) is 0 Å². The van der Waals surface area contributed by atoms with E-state index in [2.05, 4.69) is 10.6 Å². The summed E-state index contributed by atoms with van der Waals surface area (Å²) >= 11 is 0. The van der Waals surface area contributed by atoms with E-state index in [-0.39, 0.29) is 11.8 Å². The molecule has 1 aromatic heterocycles. The van der Waals surface area contributed by atoms with Gasteiger partial charge in [-0.15, -0.1) is 0 Å². The number of benzene rings is 1. The molecule has 6 heteroatoms. The van der Waals surface area contributed by atoms with Gasteiger partial charge in [0, 0.05) is 24.7 Å². The molecule has 2 N–H and O–H groups in total. The first-order valence-electron chi connectivity index (χ1n) is 6.76. The van der Waals surface area contributed by atoms with Crippen LogP contribution in [0.15, 0.2) is 27.4 Å². The lowest BCUT2D eigenvalue weighted by molar-refractivity contribution is -0.120. The first-order valence-corrected chi connectivity index (χ1v) is 6.76. The maximum absolute atomic E-state index is 12.1. The van der Waals surface area contributed by atoms with Gasteiger partial charge in [-0.05, 0) is 38.1 Å². The Labute approximate surface area is 115 Å². The van der Waals surface area contributed by atoms with Gasteiger partial charge in [0.25, 0.3) is 0 Å². The number of aryl methyl sites for hydroxylation is 1. The summed E-state index contributed by atoms with van der Waals surface area (Å²) in [5, 5.41) is 6.13. The monoisotopic (exact) mass is 275 g/mol. The molecule has 0 aliphatic carbocycles. The highest BCUT2D eigenvalue weighted by atomic mass is 16.4. The Kier molecular flexibility index (Phi) is 3.31. The summed E-state index contributed by atoms with van der Waals surface area (Å²) in [5.41, 5.74) is 1.87. The topological polar surface area (TPSA) is 76.3 Å². The van der Waals surface area contributed by atoms with E-state index in [1.165, 1.54) is 4.57 Å². The molecular weight excluding hydrogens is 258 g/mol. The number of hydrogen-bond acceptors (Lipinski definition) is 4. The van der Waals surface area contributed by atoms with Gasteiger partial charge >= 0.3 is 5.76 Å². The Hall–Kier alpha value is -2.08. The van der Waals surface area contributed by atoms with Crippen molar-refractivity contribution in [2.45, 2.75) is 12.8 Å². The van der Waals surface area contributed by atoms with Crippen LogP contribution in [0.1, 0.15) is 12.8 Å². The van der Waals surface area contributed by atoms with E-state index in [1.807, 2.05) is 0 Å². The molecule has 106 valence electrons. The average molecular weight is 275 g/mol. The normalized spacial score (nSPS) is 16.4. The highest BCUT2D eigenvalue weighted by molar-refractivity contribution is 5.94. The number of carbonyl (C=O) groups excluding carboxylic acids is 1. The minimum Gasteiger partial charge on any atom is -0.408 e. The fourth-order valence-electron chi connectivity index (χ4n) is 2.54. The lowest BCUT2D eigenvalue weighted by Gasteiger charge is -2.21. The minimum atomic E-state index is -0.401. The summed E-state index contributed by atoms with van der Waals surface area (Å²) in [5.74, 6) is -0.319. The number of fused-ring (bicyclic) bond motifs is 1. The van der Waals surface area contributed by atoms with Crippen molar-refractivity contribution in [2.75, 3.05) is 18.4 Å². The number of hydrogen-bond donors (Lipinski definition) is 2. The fourth-order valence-corrected chi connectivity index (χ4v) is 2.54. The largest absolute Gasteiger partial charge is 0.419 e. The van der Waals surface area contributed by atoms with Crippen LogP contribution in [-0.4, -0.2) is 23.6 Å². The zero-order chi connectivity index (χ0) is 14.1. The van der Waals surface area contributed by atoms with E-state index in [4.69, 9.17) is 4.42 Å². The molecule has 0 atom stereocenters. The van der Waals surface area contributed by atoms with Crippen molar-refractivity contribution in [1.82, 2.24) is 9.88 Å². The number of rotatable bonds is 2. The quantitative estimate of drug-likeness (QED) is 0.859. The maximum atomic E-state index is 12.1. The third kappa shape index (κ3) is 2.34. The third-order valence-corrected chi connectivity index (χ3v) is 3.77. The van der Waals surface area contributed by atoms with Crippen molar-refractivity contribution >= 4 is 22.7 Å². The van der Waals surface area contributed by atoms with Crippen molar-refractivity contribution in [3.05, 3.63) is 28.7 Å². The average Bonchev–Trinajstić information content (AvgIpc) is 2.74. The summed E-state index contributed by atoms with van der Waals surface area (Å²) in [6.45, 7) is 1.76. The van der Waals surface area contributed by atoms with Crippen molar-refractivity contribution in [3.63, 3.8) is 0 Å². The molecule has 1 fully saturated rings. The molecule has 1 aliphatic rings. The molecule has 0 radical (unpaired) electrons. The summed E-state index contributed by atoms with van der Waals surface area (Å²) in [6.07, 6.45) is 1.71. The van der Waals surface area contributed by atoms with Gasteiger partial charge in [0.1, 0.15) is 0 Å². The molecule has 0 bridgehead atoms. The van der Waals surface area contributed by atoms with Crippen LogP contribution in [0.5, 0.6) is 0 Å². The number of oxazole rings is 1. The van der Waals surface area contributed by atoms with Gasteiger partial charge in [-0.1, -0.05) is 0 Å². The summed E-state index contributed by atoms with van der Waals surface area (Å²) in [7, 11) is 1.65. The van der Waals surface area contributed by atoms with Gasteiger partial charge in [0.05, 0.1) is 5.52 Å². The molecular formula is C14H17N3O3. The Morgan fingerprint density at radius 3 is 2.90 bits per heavy atom. The standard InChI is InChI=1S/C14H17N3O3/c1-17-11-3-2-10(8-12(11)20-14(17)19)16-13(18)9-4-6-15-7-5-9/h2-3,8-9,15H,4-7H2,1H3,(H,16,18). The van der Waals surface area contributed by atoms with Gasteiger partial charge in [0.2, 0.25) is 5.91 Å². The van der Waals surface area contributed by atoms with Crippen molar-refractivity contribution in [3.8, 4) is 0 Å². The van der Waals surface area contributed by atoms with E-state index < -0.39 is 5.76 Å². The van der Waals surface area contributed by atoms with Crippen LogP contribution in [0.4, 0.5) is 5.69 Å². The molecule has 0 saturated carbocycles. The Morgan fingerprint density at radius 1 is 1.40 bits per heavy atom. The van der Waals surface area contributed by atoms with Gasteiger partial charge < -0.3 is 15.1 Å². The predicted molar refractivity (Wildman–Crippen MR) is 75.7 cm³/mol. The lowest BCUT2D eigenvalue weighted by Crippen LogP contribution is -2.34. The van der Waals surface area contributed by atoms with E-state index in [9.17, 15) is 9.59 Å². The van der Waals surface area contributed by atoms with Crippen LogP contribution < -0.4 is 16.4 Å². The molecule has 1 aliphatic heterocycles. The van der Waals surface area contributed by atoms with Gasteiger partial charge in [-0.25, -0.2) is 4.79 Å². The Bertz CT molecular complexity index is 695. The molecule has 1 saturated heterocycles. The highest BCUT2D eigenvalue weighted by Gasteiger charge is 2.21. The highest BCUT2D eigenvalue weighted by Crippen LogP contribution is 2.20. The number of piperidine rings is 1. The zero-order valence-corrected chi connectivity index (χ0v) is 11.3. The molecule has 6 nitrogen and oxygen atoms in total. The minimum absolute atomic E-state index is 0.0316. The Morgan fingerprint density at radius 2 is 2.15 bits per heavy atom. The molecule has 20 heavy (non-hydrogen) atoms. The van der Waals surface area contributed by atoms with E-state index in [1.54, 1.807) is 25.2 Å². The molecule has 0 unspecified atom stereocenters.